The van der Waals surface area contributed by atoms with Crippen LogP contribution in [0.15, 0.2) is 66.0 Å². The minimum Gasteiger partial charge on any atom is -0.495 e. The third-order valence-electron chi connectivity index (χ3n) is 3.92. The van der Waals surface area contributed by atoms with Crippen LogP contribution in [0.5, 0.6) is 5.75 Å². The van der Waals surface area contributed by atoms with Gasteiger partial charge < -0.3 is 10.1 Å². The van der Waals surface area contributed by atoms with Crippen LogP contribution in [0, 0.1) is 0 Å². The molecule has 2 heterocycles. The van der Waals surface area contributed by atoms with Crippen molar-refractivity contribution in [3.05, 3.63) is 71.1 Å². The van der Waals surface area contributed by atoms with Crippen molar-refractivity contribution in [1.82, 2.24) is 4.98 Å². The van der Waals surface area contributed by atoms with Crippen molar-refractivity contribution in [2.24, 2.45) is 0 Å². The number of ether oxygens (including phenoxy) is 1. The number of nitrogens with one attached hydrogen (secondary N) is 1. The summed E-state index contributed by atoms with van der Waals surface area (Å²) in [4.78, 5) is 5.93. The highest BCUT2D eigenvalue weighted by atomic mass is 35.5. The van der Waals surface area contributed by atoms with Crippen molar-refractivity contribution in [3.8, 4) is 16.3 Å². The molecule has 0 amide bonds. The molecule has 1 N–H and O–H groups in total. The fourth-order valence-corrected chi connectivity index (χ4v) is 3.67. The second-order valence-corrected chi connectivity index (χ2v) is 6.88. The van der Waals surface area contributed by atoms with Crippen LogP contribution in [-0.4, -0.2) is 12.1 Å². The average molecular weight is 367 g/mol. The lowest BCUT2D eigenvalue weighted by Gasteiger charge is -2.13. The van der Waals surface area contributed by atoms with Crippen molar-refractivity contribution in [1.29, 1.82) is 0 Å². The molecule has 25 heavy (non-hydrogen) atoms. The second-order valence-electron chi connectivity index (χ2n) is 5.52. The number of methoxy groups -OCH3 is 1. The number of thiophene rings is 1. The van der Waals surface area contributed by atoms with E-state index in [-0.39, 0.29) is 0 Å². The van der Waals surface area contributed by atoms with Gasteiger partial charge >= 0.3 is 0 Å². The molecule has 4 aromatic rings. The van der Waals surface area contributed by atoms with Crippen molar-refractivity contribution in [3.63, 3.8) is 0 Å². The first-order valence-corrected chi connectivity index (χ1v) is 9.04. The first-order chi connectivity index (χ1) is 12.2. The molecule has 124 valence electrons. The first-order valence-electron chi connectivity index (χ1n) is 7.79. The third-order valence-corrected chi connectivity index (χ3v) is 5.11. The zero-order valence-electron chi connectivity index (χ0n) is 13.5. The average Bonchev–Trinajstić information content (AvgIpc) is 3.16. The van der Waals surface area contributed by atoms with Crippen LogP contribution in [-0.2, 0) is 0 Å². The molecule has 3 nitrogen and oxygen atoms in total. The van der Waals surface area contributed by atoms with Crippen LogP contribution >= 0.6 is 22.9 Å². The van der Waals surface area contributed by atoms with Gasteiger partial charge in [0.1, 0.15) is 5.75 Å². The summed E-state index contributed by atoms with van der Waals surface area (Å²) in [6.07, 6.45) is 0. The largest absolute Gasteiger partial charge is 0.495 e. The topological polar surface area (TPSA) is 34.1 Å². The van der Waals surface area contributed by atoms with Gasteiger partial charge in [0.25, 0.3) is 0 Å². The Kier molecular flexibility index (Phi) is 4.30. The molecule has 0 aliphatic carbocycles. The van der Waals surface area contributed by atoms with E-state index in [1.165, 1.54) is 0 Å². The molecule has 0 atom stereocenters. The van der Waals surface area contributed by atoms with Crippen LogP contribution in [0.4, 0.5) is 11.4 Å². The minimum absolute atomic E-state index is 0.573. The number of anilines is 2. The van der Waals surface area contributed by atoms with Gasteiger partial charge in [-0.05, 0) is 41.8 Å². The third kappa shape index (κ3) is 3.18. The predicted molar refractivity (Wildman–Crippen MR) is 106 cm³/mol. The number of benzene rings is 2. The molecular formula is C20H15ClN2OS. The number of aromatic nitrogens is 1. The number of para-hydroxylation sites is 1. The monoisotopic (exact) mass is 366 g/mol. The molecule has 0 fully saturated rings. The van der Waals surface area contributed by atoms with Crippen molar-refractivity contribution in [2.45, 2.75) is 0 Å². The van der Waals surface area contributed by atoms with Crippen molar-refractivity contribution < 1.29 is 4.74 Å². The molecule has 0 aliphatic heterocycles. The Bertz CT molecular complexity index is 1030. The Hall–Kier alpha value is -2.56. The van der Waals surface area contributed by atoms with Crippen molar-refractivity contribution >= 4 is 45.2 Å². The normalized spacial score (nSPS) is 10.8. The van der Waals surface area contributed by atoms with Gasteiger partial charge in [0, 0.05) is 11.1 Å². The molecule has 0 saturated carbocycles. The first kappa shape index (κ1) is 15.9. The molecule has 4 rings (SSSR count). The summed E-state index contributed by atoms with van der Waals surface area (Å²) < 4.78 is 5.22. The Balaban J connectivity index is 1.81. The molecule has 2 aromatic heterocycles. The fourth-order valence-electron chi connectivity index (χ4n) is 2.73. The molecule has 0 aliphatic rings. The van der Waals surface area contributed by atoms with E-state index in [0.29, 0.717) is 10.8 Å². The highest BCUT2D eigenvalue weighted by Crippen LogP contribution is 2.34. The highest BCUT2D eigenvalue weighted by Gasteiger charge is 2.09. The standard InChI is InChI=1S/C20H15ClN2OS/c1-24-19-9-8-13(11-15(19)21)22-17-12-18(20-7-4-10-25-20)23-16-6-3-2-5-14(16)17/h2-12H,1H3,(H,22,23). The van der Waals surface area contributed by atoms with E-state index < -0.39 is 0 Å². The number of halogens is 1. The maximum Gasteiger partial charge on any atom is 0.137 e. The summed E-state index contributed by atoms with van der Waals surface area (Å²) in [6.45, 7) is 0. The Morgan fingerprint density at radius 1 is 1.04 bits per heavy atom. The fraction of sp³-hybridized carbons (Fsp3) is 0.0500. The number of fused-ring (bicyclic) bond motifs is 1. The van der Waals surface area contributed by atoms with E-state index in [1.807, 2.05) is 42.5 Å². The number of nitrogens with zero attached hydrogens (tertiary/aromatic N) is 1. The summed E-state index contributed by atoms with van der Waals surface area (Å²) in [6, 6.07) is 20.0. The van der Waals surface area contributed by atoms with Crippen LogP contribution in [0.3, 0.4) is 0 Å². The van der Waals surface area contributed by atoms with Gasteiger partial charge in [-0.2, -0.15) is 0 Å². The van der Waals surface area contributed by atoms with Gasteiger partial charge in [0.05, 0.1) is 33.9 Å². The predicted octanol–water partition coefficient (Wildman–Crippen LogP) is 6.37. The van der Waals surface area contributed by atoms with Gasteiger partial charge in [-0.15, -0.1) is 11.3 Å². The Labute approximate surface area is 154 Å². The van der Waals surface area contributed by atoms with E-state index in [1.54, 1.807) is 18.4 Å². The molecule has 0 spiro atoms. The smallest absolute Gasteiger partial charge is 0.137 e. The second kappa shape index (κ2) is 6.75. The molecule has 0 saturated heterocycles. The SMILES string of the molecule is COc1ccc(Nc2cc(-c3cccs3)nc3ccccc23)cc1Cl. The summed E-state index contributed by atoms with van der Waals surface area (Å²) in [5, 5.41) is 7.16. The van der Waals surface area contributed by atoms with Crippen LogP contribution in [0.25, 0.3) is 21.5 Å². The molecular weight excluding hydrogens is 352 g/mol. The van der Waals surface area contributed by atoms with E-state index in [4.69, 9.17) is 21.3 Å². The quantitative estimate of drug-likeness (QED) is 0.455. The molecule has 0 radical (unpaired) electrons. The van der Waals surface area contributed by atoms with Crippen molar-refractivity contribution in [2.75, 3.05) is 12.4 Å². The summed E-state index contributed by atoms with van der Waals surface area (Å²) >= 11 is 7.93. The minimum atomic E-state index is 0.573. The Morgan fingerprint density at radius 2 is 1.92 bits per heavy atom. The van der Waals surface area contributed by atoms with E-state index in [9.17, 15) is 0 Å². The van der Waals surface area contributed by atoms with Crippen LogP contribution < -0.4 is 10.1 Å². The van der Waals surface area contributed by atoms with Gasteiger partial charge in [-0.25, -0.2) is 4.98 Å². The highest BCUT2D eigenvalue weighted by molar-refractivity contribution is 7.13. The molecule has 5 heteroatoms. The van der Waals surface area contributed by atoms with Crippen LogP contribution in [0.1, 0.15) is 0 Å². The number of rotatable bonds is 4. The van der Waals surface area contributed by atoms with Crippen LogP contribution in [0.2, 0.25) is 5.02 Å². The van der Waals surface area contributed by atoms with Gasteiger partial charge in [-0.3, -0.25) is 0 Å². The lowest BCUT2D eigenvalue weighted by Crippen LogP contribution is -1.95. The zero-order chi connectivity index (χ0) is 17.2. The lowest BCUT2D eigenvalue weighted by molar-refractivity contribution is 0.415. The number of hydrogen-bond donors (Lipinski definition) is 1. The maximum absolute atomic E-state index is 6.25. The number of pyridine rings is 1. The molecule has 0 bridgehead atoms. The van der Waals surface area contributed by atoms with Gasteiger partial charge in [0.15, 0.2) is 0 Å². The lowest BCUT2D eigenvalue weighted by atomic mass is 10.1. The summed E-state index contributed by atoms with van der Waals surface area (Å²) in [5.41, 5.74) is 3.81. The van der Waals surface area contributed by atoms with E-state index in [2.05, 4.69) is 28.9 Å². The number of hydrogen-bond acceptors (Lipinski definition) is 4. The van der Waals surface area contributed by atoms with Gasteiger partial charge in [-0.1, -0.05) is 35.9 Å². The summed E-state index contributed by atoms with van der Waals surface area (Å²) in [7, 11) is 1.61. The zero-order valence-corrected chi connectivity index (χ0v) is 15.1. The van der Waals surface area contributed by atoms with E-state index >= 15 is 0 Å². The summed E-state index contributed by atoms with van der Waals surface area (Å²) in [5.74, 6) is 0.658. The molecule has 0 unspecified atom stereocenters. The van der Waals surface area contributed by atoms with E-state index in [0.717, 1.165) is 32.8 Å². The van der Waals surface area contributed by atoms with Gasteiger partial charge in [0.2, 0.25) is 0 Å². The Morgan fingerprint density at radius 3 is 2.68 bits per heavy atom. The molecule has 2 aromatic carbocycles. The maximum atomic E-state index is 6.25.